The second kappa shape index (κ2) is 5.98. The Kier molecular flexibility index (Phi) is 3.80. The van der Waals surface area contributed by atoms with E-state index in [9.17, 15) is 14.3 Å². The van der Waals surface area contributed by atoms with Gasteiger partial charge < -0.3 is 10.4 Å². The van der Waals surface area contributed by atoms with E-state index in [4.69, 9.17) is 0 Å². The van der Waals surface area contributed by atoms with Gasteiger partial charge in [-0.25, -0.2) is 9.38 Å². The Bertz CT molecular complexity index is 932. The lowest BCUT2D eigenvalue weighted by Crippen LogP contribution is -2.23. The molecule has 1 amide bonds. The fraction of sp³-hybridized carbons (Fsp3) is 0.353. The van der Waals surface area contributed by atoms with E-state index in [0.29, 0.717) is 26.6 Å². The number of nitrogens with zero attached hydrogens (tertiary/aromatic N) is 2. The summed E-state index contributed by atoms with van der Waals surface area (Å²) >= 11 is 1.21. The molecular weight excluding hydrogens is 329 g/mol. The Morgan fingerprint density at radius 2 is 2.04 bits per heavy atom. The fourth-order valence-electron chi connectivity index (χ4n) is 3.26. The Morgan fingerprint density at radius 3 is 2.83 bits per heavy atom. The molecule has 0 spiro atoms. The van der Waals surface area contributed by atoms with Crippen LogP contribution in [0.5, 0.6) is 5.88 Å². The molecule has 1 aromatic heterocycles. The summed E-state index contributed by atoms with van der Waals surface area (Å²) in [5.74, 6) is -1.13. The van der Waals surface area contributed by atoms with Crippen molar-refractivity contribution in [2.75, 3.05) is 5.32 Å². The molecule has 7 heteroatoms. The van der Waals surface area contributed by atoms with Gasteiger partial charge in [-0.2, -0.15) is 4.98 Å². The van der Waals surface area contributed by atoms with Crippen LogP contribution in [0.15, 0.2) is 23.2 Å². The zero-order valence-corrected chi connectivity index (χ0v) is 13.7. The first-order chi connectivity index (χ1) is 11.6. The van der Waals surface area contributed by atoms with Crippen LogP contribution >= 0.6 is 11.3 Å². The van der Waals surface area contributed by atoms with Gasteiger partial charge in [-0.1, -0.05) is 30.6 Å². The predicted molar refractivity (Wildman–Crippen MR) is 89.0 cm³/mol. The van der Waals surface area contributed by atoms with E-state index in [2.05, 4.69) is 15.3 Å². The highest BCUT2D eigenvalue weighted by Gasteiger charge is 2.25. The fourth-order valence-corrected chi connectivity index (χ4v) is 4.25. The summed E-state index contributed by atoms with van der Waals surface area (Å²) < 4.78 is 13.5. The third kappa shape index (κ3) is 2.69. The molecule has 5 nitrogen and oxygen atoms in total. The molecule has 0 bridgehead atoms. The quantitative estimate of drug-likeness (QED) is 0.893. The van der Waals surface area contributed by atoms with Crippen molar-refractivity contribution in [3.63, 3.8) is 0 Å². The Labute approximate surface area is 141 Å². The van der Waals surface area contributed by atoms with Crippen LogP contribution in [0, 0.1) is 5.82 Å². The first kappa shape index (κ1) is 15.3. The van der Waals surface area contributed by atoms with Crippen LogP contribution in [0.3, 0.4) is 0 Å². The van der Waals surface area contributed by atoms with Gasteiger partial charge in [0.1, 0.15) is 10.7 Å². The Balaban J connectivity index is 1.73. The number of aromatic nitrogens is 1. The first-order valence-electron chi connectivity index (χ1n) is 8.01. The smallest absolute Gasteiger partial charge is 0.279 e. The van der Waals surface area contributed by atoms with Crippen LogP contribution in [0.2, 0.25) is 0 Å². The van der Waals surface area contributed by atoms with E-state index in [1.54, 1.807) is 0 Å². The number of amides is 1. The summed E-state index contributed by atoms with van der Waals surface area (Å²) in [7, 11) is 0. The van der Waals surface area contributed by atoms with Crippen molar-refractivity contribution in [2.24, 2.45) is 4.99 Å². The van der Waals surface area contributed by atoms with Gasteiger partial charge in [0.2, 0.25) is 5.88 Å². The molecule has 1 saturated carbocycles. The van der Waals surface area contributed by atoms with E-state index in [0.717, 1.165) is 12.8 Å². The number of rotatable bonds is 3. The molecule has 2 heterocycles. The maximum Gasteiger partial charge on any atom is 0.279 e. The van der Waals surface area contributed by atoms with Crippen LogP contribution in [-0.4, -0.2) is 22.0 Å². The topological polar surface area (TPSA) is 74.6 Å². The average Bonchev–Trinajstić information content (AvgIpc) is 3.07. The minimum Gasteiger partial charge on any atom is -0.492 e. The maximum atomic E-state index is 13.5. The molecule has 1 fully saturated rings. The highest BCUT2D eigenvalue weighted by atomic mass is 32.1. The molecule has 0 unspecified atom stereocenters. The Morgan fingerprint density at radius 1 is 1.25 bits per heavy atom. The molecule has 124 valence electrons. The average molecular weight is 345 g/mol. The summed E-state index contributed by atoms with van der Waals surface area (Å²) in [6, 6.07) is 4.35. The minimum atomic E-state index is -0.473. The normalized spacial score (nSPS) is 17.7. The molecule has 4 rings (SSSR count). The largest absolute Gasteiger partial charge is 0.492 e. The number of halogens is 1. The highest BCUT2D eigenvalue weighted by molar-refractivity contribution is 7.17. The van der Waals surface area contributed by atoms with E-state index in [-0.39, 0.29) is 11.5 Å². The minimum absolute atomic E-state index is 0.214. The van der Waals surface area contributed by atoms with Gasteiger partial charge in [-0.05, 0) is 31.0 Å². The van der Waals surface area contributed by atoms with Crippen molar-refractivity contribution in [3.8, 4) is 5.88 Å². The van der Waals surface area contributed by atoms with E-state index in [1.165, 1.54) is 48.8 Å². The molecular formula is C17H16FN3O2S. The summed E-state index contributed by atoms with van der Waals surface area (Å²) in [6.45, 7) is 0. The third-order valence-electron chi connectivity index (χ3n) is 4.43. The number of carbonyl (C=O) groups excluding carboxylic acids is 1. The lowest BCUT2D eigenvalue weighted by atomic mass is 9.96. The maximum absolute atomic E-state index is 13.5. The van der Waals surface area contributed by atoms with Gasteiger partial charge in [0.05, 0.1) is 10.9 Å². The molecule has 1 aliphatic carbocycles. The summed E-state index contributed by atoms with van der Waals surface area (Å²) in [6.07, 6.45) is 5.78. The van der Waals surface area contributed by atoms with Gasteiger partial charge in [0.25, 0.3) is 5.91 Å². The SMILES string of the molecule is O=C1N=c2ccc(F)cc2=C1c1sc(NC2CCCCC2)nc1O. The molecule has 1 aliphatic heterocycles. The van der Waals surface area contributed by atoms with Crippen molar-refractivity contribution < 1.29 is 14.3 Å². The van der Waals surface area contributed by atoms with Crippen molar-refractivity contribution in [3.05, 3.63) is 39.5 Å². The lowest BCUT2D eigenvalue weighted by Gasteiger charge is -2.22. The van der Waals surface area contributed by atoms with Crippen molar-refractivity contribution in [2.45, 2.75) is 38.1 Å². The molecule has 0 saturated heterocycles. The van der Waals surface area contributed by atoms with Crippen LogP contribution in [0.1, 0.15) is 37.0 Å². The van der Waals surface area contributed by atoms with Gasteiger partial charge in [0.15, 0.2) is 5.13 Å². The summed E-state index contributed by atoms with van der Waals surface area (Å²) in [5, 5.41) is 14.9. The molecule has 0 radical (unpaired) electrons. The zero-order chi connectivity index (χ0) is 16.7. The molecule has 0 atom stereocenters. The number of hydrogen-bond donors (Lipinski definition) is 2. The number of fused-ring (bicyclic) bond motifs is 1. The standard InChI is InChI=1S/C17H16FN3O2S/c18-9-6-7-12-11(8-9)13(15(22)20-12)14-16(23)21-17(24-14)19-10-4-2-1-3-5-10/h6-8,10,23H,1-5H2,(H,19,21). The second-order valence-corrected chi connectivity index (χ2v) is 7.10. The van der Waals surface area contributed by atoms with Gasteiger partial charge >= 0.3 is 0 Å². The second-order valence-electron chi connectivity index (χ2n) is 6.10. The lowest BCUT2D eigenvalue weighted by molar-refractivity contribution is -0.112. The van der Waals surface area contributed by atoms with Crippen LogP contribution < -0.4 is 15.9 Å². The molecule has 2 N–H and O–H groups in total. The number of hydrogen-bond acceptors (Lipinski definition) is 5. The summed E-state index contributed by atoms with van der Waals surface area (Å²) in [5.41, 5.74) is 0.219. The van der Waals surface area contributed by atoms with E-state index >= 15 is 0 Å². The number of benzene rings is 1. The van der Waals surface area contributed by atoms with Crippen LogP contribution in [0.4, 0.5) is 9.52 Å². The van der Waals surface area contributed by atoms with E-state index < -0.39 is 11.7 Å². The predicted octanol–water partition coefficient (Wildman–Crippen LogP) is 2.09. The number of anilines is 1. The molecule has 24 heavy (non-hydrogen) atoms. The highest BCUT2D eigenvalue weighted by Crippen LogP contribution is 2.35. The Hall–Kier alpha value is -2.28. The third-order valence-corrected chi connectivity index (χ3v) is 5.43. The number of thiazole rings is 1. The molecule has 1 aromatic carbocycles. The van der Waals surface area contributed by atoms with Gasteiger partial charge in [-0.3, -0.25) is 4.79 Å². The van der Waals surface area contributed by atoms with Crippen LogP contribution in [0.25, 0.3) is 5.57 Å². The van der Waals surface area contributed by atoms with E-state index in [1.807, 2.05) is 0 Å². The monoisotopic (exact) mass is 345 g/mol. The van der Waals surface area contributed by atoms with Crippen molar-refractivity contribution >= 4 is 27.9 Å². The van der Waals surface area contributed by atoms with Crippen LogP contribution in [-0.2, 0) is 4.79 Å². The zero-order valence-electron chi connectivity index (χ0n) is 12.9. The van der Waals surface area contributed by atoms with Crippen molar-refractivity contribution in [1.82, 2.24) is 4.98 Å². The number of aromatic hydroxyl groups is 1. The van der Waals surface area contributed by atoms with Gasteiger partial charge in [-0.15, -0.1) is 0 Å². The molecule has 2 aromatic rings. The first-order valence-corrected chi connectivity index (χ1v) is 8.83. The number of nitrogens with one attached hydrogen (secondary N) is 1. The number of carbonyl (C=O) groups is 1. The summed E-state index contributed by atoms with van der Waals surface area (Å²) in [4.78, 5) is 20.6. The molecule has 2 aliphatic rings. The van der Waals surface area contributed by atoms with Crippen molar-refractivity contribution in [1.29, 1.82) is 0 Å². The van der Waals surface area contributed by atoms with Gasteiger partial charge in [0, 0.05) is 11.3 Å².